The van der Waals surface area contributed by atoms with Crippen molar-refractivity contribution in [3.8, 4) is 11.8 Å². The Morgan fingerprint density at radius 2 is 2.00 bits per heavy atom. The molecule has 0 aliphatic carbocycles. The van der Waals surface area contributed by atoms with Crippen LogP contribution in [0.5, 0.6) is 5.75 Å². The van der Waals surface area contributed by atoms with Gasteiger partial charge in [-0.15, -0.1) is 0 Å². The molecule has 0 aliphatic rings. The van der Waals surface area contributed by atoms with Gasteiger partial charge >= 0.3 is 6.61 Å². The summed E-state index contributed by atoms with van der Waals surface area (Å²) in [6, 6.07) is 14.6. The van der Waals surface area contributed by atoms with Crippen molar-refractivity contribution >= 4 is 17.3 Å². The molecule has 0 radical (unpaired) electrons. The quantitative estimate of drug-likeness (QED) is 0.858. The predicted molar refractivity (Wildman–Crippen MR) is 81.4 cm³/mol. The van der Waals surface area contributed by atoms with Gasteiger partial charge in [-0.3, -0.25) is 4.79 Å². The Hall–Kier alpha value is -3.14. The van der Waals surface area contributed by atoms with E-state index in [0.717, 1.165) is 0 Å². The van der Waals surface area contributed by atoms with Crippen molar-refractivity contribution in [2.24, 2.45) is 0 Å². The third-order valence-corrected chi connectivity index (χ3v) is 2.82. The minimum absolute atomic E-state index is 0.0854. The Kier molecular flexibility index (Phi) is 5.47. The van der Waals surface area contributed by atoms with E-state index in [0.29, 0.717) is 11.3 Å². The summed E-state index contributed by atoms with van der Waals surface area (Å²) < 4.78 is 28.9. The van der Waals surface area contributed by atoms with E-state index in [2.05, 4.69) is 15.4 Å². The zero-order chi connectivity index (χ0) is 16.7. The molecule has 0 saturated heterocycles. The molecule has 2 N–H and O–H groups in total. The molecule has 2 rings (SSSR count). The highest BCUT2D eigenvalue weighted by Crippen LogP contribution is 2.25. The topological polar surface area (TPSA) is 74.2 Å². The molecule has 0 bridgehead atoms. The number of carbonyl (C=O) groups is 1. The first-order valence-corrected chi connectivity index (χ1v) is 6.66. The zero-order valence-corrected chi connectivity index (χ0v) is 11.9. The summed E-state index contributed by atoms with van der Waals surface area (Å²) >= 11 is 0. The van der Waals surface area contributed by atoms with E-state index in [-0.39, 0.29) is 18.0 Å². The highest BCUT2D eigenvalue weighted by Gasteiger charge is 2.11. The van der Waals surface area contributed by atoms with Gasteiger partial charge in [-0.2, -0.15) is 14.0 Å². The lowest BCUT2D eigenvalue weighted by molar-refractivity contribution is -0.114. The molecule has 118 valence electrons. The van der Waals surface area contributed by atoms with E-state index < -0.39 is 12.5 Å². The van der Waals surface area contributed by atoms with Crippen LogP contribution in [0, 0.1) is 11.3 Å². The van der Waals surface area contributed by atoms with E-state index in [1.807, 2.05) is 6.07 Å². The second-order valence-corrected chi connectivity index (χ2v) is 4.47. The summed E-state index contributed by atoms with van der Waals surface area (Å²) in [7, 11) is 0. The molecular weight excluding hydrogens is 304 g/mol. The number of nitrogens with zero attached hydrogens (tertiary/aromatic N) is 1. The Morgan fingerprint density at radius 1 is 1.22 bits per heavy atom. The molecule has 2 aromatic rings. The lowest BCUT2D eigenvalue weighted by Gasteiger charge is -2.12. The predicted octanol–water partition coefficient (Wildman–Crippen LogP) is 3.21. The minimum atomic E-state index is -2.97. The van der Waals surface area contributed by atoms with Gasteiger partial charge in [0.15, 0.2) is 0 Å². The number of nitriles is 1. The van der Waals surface area contributed by atoms with Crippen LogP contribution in [0.15, 0.2) is 48.5 Å². The molecule has 0 atom stereocenters. The number of nitrogens with one attached hydrogen (secondary N) is 2. The highest BCUT2D eigenvalue weighted by atomic mass is 19.3. The van der Waals surface area contributed by atoms with Crippen LogP contribution in [0.3, 0.4) is 0 Å². The highest BCUT2D eigenvalue weighted by molar-refractivity contribution is 5.95. The summed E-state index contributed by atoms with van der Waals surface area (Å²) in [6.07, 6.45) is 0. The van der Waals surface area contributed by atoms with Crippen LogP contribution in [0.25, 0.3) is 0 Å². The van der Waals surface area contributed by atoms with Gasteiger partial charge in [0.1, 0.15) is 5.75 Å². The Morgan fingerprint density at radius 3 is 2.74 bits per heavy atom. The maximum absolute atomic E-state index is 12.3. The fourth-order valence-corrected chi connectivity index (χ4v) is 1.84. The Bertz CT molecular complexity index is 729. The molecule has 7 heteroatoms. The lowest BCUT2D eigenvalue weighted by atomic mass is 10.2. The molecule has 0 heterocycles. The van der Waals surface area contributed by atoms with Gasteiger partial charge in [-0.25, -0.2) is 0 Å². The SMILES string of the molecule is N#Cc1cccc(NCC(=O)Nc2ccccc2OC(F)F)c1. The average molecular weight is 317 g/mol. The summed E-state index contributed by atoms with van der Waals surface area (Å²) in [5.74, 6) is -0.542. The number of anilines is 2. The molecule has 0 aliphatic heterocycles. The van der Waals surface area contributed by atoms with Crippen molar-refractivity contribution in [3.63, 3.8) is 0 Å². The molecule has 0 fully saturated rings. The van der Waals surface area contributed by atoms with Crippen LogP contribution in [-0.2, 0) is 4.79 Å². The first-order chi connectivity index (χ1) is 11.1. The molecule has 0 unspecified atom stereocenters. The minimum Gasteiger partial charge on any atom is -0.433 e. The number of halogens is 2. The van der Waals surface area contributed by atoms with E-state index in [1.54, 1.807) is 30.3 Å². The number of hydrogen-bond donors (Lipinski definition) is 2. The number of carbonyl (C=O) groups excluding carboxylic acids is 1. The summed E-state index contributed by atoms with van der Waals surface area (Å²) in [6.45, 7) is -3.06. The number of amides is 1. The number of hydrogen-bond acceptors (Lipinski definition) is 4. The lowest BCUT2D eigenvalue weighted by Crippen LogP contribution is -2.22. The molecule has 5 nitrogen and oxygen atoms in total. The monoisotopic (exact) mass is 317 g/mol. The number of benzene rings is 2. The number of alkyl halides is 2. The number of para-hydroxylation sites is 2. The molecule has 1 amide bonds. The Balaban J connectivity index is 1.96. The second kappa shape index (κ2) is 7.75. The van der Waals surface area contributed by atoms with E-state index >= 15 is 0 Å². The van der Waals surface area contributed by atoms with Crippen LogP contribution in [0.1, 0.15) is 5.56 Å². The van der Waals surface area contributed by atoms with E-state index in [1.165, 1.54) is 18.2 Å². The summed E-state index contributed by atoms with van der Waals surface area (Å²) in [5.41, 5.74) is 1.23. The molecule has 0 spiro atoms. The standard InChI is InChI=1S/C16H13F2N3O2/c17-16(18)23-14-7-2-1-6-13(14)21-15(22)10-20-12-5-3-4-11(8-12)9-19/h1-8,16,20H,10H2,(H,21,22). The van der Waals surface area contributed by atoms with Crippen LogP contribution in [0.4, 0.5) is 20.2 Å². The maximum Gasteiger partial charge on any atom is 0.387 e. The zero-order valence-electron chi connectivity index (χ0n) is 11.9. The average Bonchev–Trinajstić information content (AvgIpc) is 2.54. The van der Waals surface area contributed by atoms with Crippen molar-refractivity contribution in [1.82, 2.24) is 0 Å². The van der Waals surface area contributed by atoms with Crippen molar-refractivity contribution in [2.75, 3.05) is 17.2 Å². The molecule has 23 heavy (non-hydrogen) atoms. The van der Waals surface area contributed by atoms with Crippen LogP contribution >= 0.6 is 0 Å². The van der Waals surface area contributed by atoms with Gasteiger partial charge in [0.25, 0.3) is 0 Å². The van der Waals surface area contributed by atoms with Crippen LogP contribution in [0.2, 0.25) is 0 Å². The van der Waals surface area contributed by atoms with Crippen molar-refractivity contribution in [3.05, 3.63) is 54.1 Å². The third kappa shape index (κ3) is 4.97. The fraction of sp³-hybridized carbons (Fsp3) is 0.125. The van der Waals surface area contributed by atoms with Gasteiger partial charge in [0.05, 0.1) is 23.9 Å². The van der Waals surface area contributed by atoms with Crippen LogP contribution < -0.4 is 15.4 Å². The molecule has 0 aromatic heterocycles. The molecule has 2 aromatic carbocycles. The second-order valence-electron chi connectivity index (χ2n) is 4.47. The van der Waals surface area contributed by atoms with Gasteiger partial charge < -0.3 is 15.4 Å². The van der Waals surface area contributed by atoms with Gasteiger partial charge in [0.2, 0.25) is 5.91 Å². The van der Waals surface area contributed by atoms with Crippen LogP contribution in [-0.4, -0.2) is 19.1 Å². The number of ether oxygens (including phenoxy) is 1. The largest absolute Gasteiger partial charge is 0.433 e. The van der Waals surface area contributed by atoms with Crippen molar-refractivity contribution in [2.45, 2.75) is 6.61 Å². The van der Waals surface area contributed by atoms with Gasteiger partial charge in [0, 0.05) is 5.69 Å². The number of rotatable bonds is 6. The molecule has 0 saturated carbocycles. The summed E-state index contributed by atoms with van der Waals surface area (Å²) in [4.78, 5) is 11.9. The fourth-order valence-electron chi connectivity index (χ4n) is 1.84. The smallest absolute Gasteiger partial charge is 0.387 e. The summed E-state index contributed by atoms with van der Waals surface area (Å²) in [5, 5.41) is 14.1. The van der Waals surface area contributed by atoms with E-state index in [9.17, 15) is 13.6 Å². The molecular formula is C16H13F2N3O2. The first-order valence-electron chi connectivity index (χ1n) is 6.66. The Labute approximate surface area is 131 Å². The van der Waals surface area contributed by atoms with Crippen molar-refractivity contribution in [1.29, 1.82) is 5.26 Å². The van der Waals surface area contributed by atoms with Crippen molar-refractivity contribution < 1.29 is 18.3 Å². The van der Waals surface area contributed by atoms with Gasteiger partial charge in [-0.1, -0.05) is 18.2 Å². The van der Waals surface area contributed by atoms with Gasteiger partial charge in [-0.05, 0) is 30.3 Å². The van der Waals surface area contributed by atoms with E-state index in [4.69, 9.17) is 5.26 Å². The maximum atomic E-state index is 12.3. The third-order valence-electron chi connectivity index (χ3n) is 2.82. The first kappa shape index (κ1) is 16.2. The normalized spacial score (nSPS) is 10.0.